The van der Waals surface area contributed by atoms with Crippen molar-refractivity contribution in [3.63, 3.8) is 0 Å². The number of tetrazole rings is 1. The van der Waals surface area contributed by atoms with Gasteiger partial charge in [-0.1, -0.05) is 12.8 Å². The van der Waals surface area contributed by atoms with Crippen LogP contribution in [0, 0.1) is 0 Å². The average molecular weight is 224 g/mol. The van der Waals surface area contributed by atoms with Crippen molar-refractivity contribution in [3.05, 3.63) is 16.6 Å². The van der Waals surface area contributed by atoms with Crippen molar-refractivity contribution in [2.45, 2.75) is 31.7 Å². The quantitative estimate of drug-likeness (QED) is 0.736. The molecule has 0 amide bonds. The molecule has 2 rings (SSSR count). The van der Waals surface area contributed by atoms with Crippen LogP contribution in [-0.4, -0.2) is 30.9 Å². The van der Waals surface area contributed by atoms with Gasteiger partial charge < -0.3 is 5.11 Å². The van der Waals surface area contributed by atoms with Crippen molar-refractivity contribution in [1.29, 1.82) is 0 Å². The summed E-state index contributed by atoms with van der Waals surface area (Å²) in [5, 5.41) is 15.8. The molecule has 1 heterocycles. The van der Waals surface area contributed by atoms with Crippen LogP contribution in [0.2, 0.25) is 0 Å². The Bertz CT molecular complexity index is 467. The SMILES string of the molecule is O=C(O)/C=C/n1nnn(C2CCCC2)c1=O. The number of carboxylic acids is 1. The Kier molecular flexibility index (Phi) is 2.84. The van der Waals surface area contributed by atoms with Gasteiger partial charge in [0.15, 0.2) is 0 Å². The predicted octanol–water partition coefficient (Wildman–Crippen LogP) is 0.110. The summed E-state index contributed by atoms with van der Waals surface area (Å²) in [6.07, 6.45) is 6.00. The number of hydrogen-bond acceptors (Lipinski definition) is 4. The fourth-order valence-electron chi connectivity index (χ4n) is 1.87. The maximum absolute atomic E-state index is 11.7. The second kappa shape index (κ2) is 4.30. The van der Waals surface area contributed by atoms with Gasteiger partial charge in [-0.05, 0) is 23.3 Å². The lowest BCUT2D eigenvalue weighted by Crippen LogP contribution is -2.25. The molecule has 1 N–H and O–H groups in total. The van der Waals surface area contributed by atoms with Crippen LogP contribution in [0.3, 0.4) is 0 Å². The minimum absolute atomic E-state index is 0.111. The fraction of sp³-hybridized carbons (Fsp3) is 0.556. The van der Waals surface area contributed by atoms with E-state index in [9.17, 15) is 9.59 Å². The Morgan fingerprint density at radius 2 is 2.06 bits per heavy atom. The highest BCUT2D eigenvalue weighted by Gasteiger charge is 2.20. The molecule has 0 saturated heterocycles. The van der Waals surface area contributed by atoms with Crippen molar-refractivity contribution >= 4 is 12.2 Å². The molecule has 1 saturated carbocycles. The summed E-state index contributed by atoms with van der Waals surface area (Å²) in [4.78, 5) is 22.0. The smallest absolute Gasteiger partial charge is 0.368 e. The maximum Gasteiger partial charge on any atom is 0.368 e. The zero-order chi connectivity index (χ0) is 11.5. The third-order valence-electron chi connectivity index (χ3n) is 2.65. The average Bonchev–Trinajstić information content (AvgIpc) is 2.84. The minimum Gasteiger partial charge on any atom is -0.478 e. The van der Waals surface area contributed by atoms with E-state index in [4.69, 9.17) is 5.11 Å². The lowest BCUT2D eigenvalue weighted by Gasteiger charge is -2.04. The van der Waals surface area contributed by atoms with Gasteiger partial charge in [-0.3, -0.25) is 0 Å². The van der Waals surface area contributed by atoms with Crippen molar-refractivity contribution in [2.75, 3.05) is 0 Å². The van der Waals surface area contributed by atoms with Crippen molar-refractivity contribution in [2.24, 2.45) is 0 Å². The number of hydrogen-bond donors (Lipinski definition) is 1. The molecule has 0 aromatic carbocycles. The summed E-state index contributed by atoms with van der Waals surface area (Å²) in [5.74, 6) is -1.12. The first kappa shape index (κ1) is 10.6. The Labute approximate surface area is 91.0 Å². The molecule has 0 atom stereocenters. The summed E-state index contributed by atoms with van der Waals surface area (Å²) in [7, 11) is 0. The third-order valence-corrected chi connectivity index (χ3v) is 2.65. The topological polar surface area (TPSA) is 90.0 Å². The summed E-state index contributed by atoms with van der Waals surface area (Å²) >= 11 is 0. The van der Waals surface area contributed by atoms with E-state index in [0.29, 0.717) is 0 Å². The third kappa shape index (κ3) is 2.02. The van der Waals surface area contributed by atoms with Gasteiger partial charge >= 0.3 is 11.7 Å². The van der Waals surface area contributed by atoms with E-state index in [2.05, 4.69) is 10.4 Å². The minimum atomic E-state index is -1.12. The summed E-state index contributed by atoms with van der Waals surface area (Å²) in [5.41, 5.74) is -0.385. The van der Waals surface area contributed by atoms with Crippen molar-refractivity contribution in [3.8, 4) is 0 Å². The standard InChI is InChI=1S/C9H12N4O3/c14-8(15)5-6-12-9(16)13(11-10-12)7-3-1-2-4-7/h5-7H,1-4H2,(H,14,15)/b6-5+. The predicted molar refractivity (Wildman–Crippen MR) is 54.8 cm³/mol. The molecule has 1 aromatic heterocycles. The Hall–Kier alpha value is -1.92. The number of aliphatic carboxylic acids is 1. The highest BCUT2D eigenvalue weighted by molar-refractivity contribution is 5.82. The Balaban J connectivity index is 2.23. The molecule has 7 heteroatoms. The maximum atomic E-state index is 11.7. The van der Waals surface area contributed by atoms with Crippen LogP contribution in [0.4, 0.5) is 0 Å². The van der Waals surface area contributed by atoms with Gasteiger partial charge in [0.25, 0.3) is 0 Å². The largest absolute Gasteiger partial charge is 0.478 e. The Morgan fingerprint density at radius 1 is 1.38 bits per heavy atom. The highest BCUT2D eigenvalue weighted by Crippen LogP contribution is 2.26. The van der Waals surface area contributed by atoms with Gasteiger partial charge in [0.1, 0.15) is 0 Å². The van der Waals surface area contributed by atoms with Gasteiger partial charge in [0.2, 0.25) is 0 Å². The molecule has 7 nitrogen and oxygen atoms in total. The first-order chi connectivity index (χ1) is 7.68. The second-order valence-electron chi connectivity index (χ2n) is 3.74. The van der Waals surface area contributed by atoms with Gasteiger partial charge in [-0.15, -0.1) is 0 Å². The first-order valence-electron chi connectivity index (χ1n) is 5.13. The molecule has 0 spiro atoms. The molecule has 0 unspecified atom stereocenters. The molecule has 86 valence electrons. The van der Waals surface area contributed by atoms with E-state index in [-0.39, 0.29) is 11.7 Å². The lowest BCUT2D eigenvalue weighted by atomic mass is 10.3. The highest BCUT2D eigenvalue weighted by atomic mass is 16.4. The number of carboxylic acid groups (broad SMARTS) is 1. The summed E-state index contributed by atoms with van der Waals surface area (Å²) in [6.45, 7) is 0. The fourth-order valence-corrected chi connectivity index (χ4v) is 1.87. The van der Waals surface area contributed by atoms with Crippen molar-refractivity contribution < 1.29 is 9.90 Å². The van der Waals surface area contributed by atoms with Crippen LogP contribution in [0.5, 0.6) is 0 Å². The molecule has 0 bridgehead atoms. The van der Waals surface area contributed by atoms with E-state index in [1.165, 1.54) is 4.68 Å². The lowest BCUT2D eigenvalue weighted by molar-refractivity contribution is -0.131. The number of rotatable bonds is 3. The monoisotopic (exact) mass is 224 g/mol. The molecular weight excluding hydrogens is 212 g/mol. The second-order valence-corrected chi connectivity index (χ2v) is 3.74. The van der Waals surface area contributed by atoms with E-state index < -0.39 is 5.97 Å². The number of carbonyl (C=O) groups is 1. The summed E-state index contributed by atoms with van der Waals surface area (Å²) in [6, 6.07) is 0.111. The van der Waals surface area contributed by atoms with E-state index in [1.54, 1.807) is 0 Å². The molecule has 1 fully saturated rings. The van der Waals surface area contributed by atoms with Gasteiger partial charge in [0, 0.05) is 12.3 Å². The van der Waals surface area contributed by atoms with E-state index in [0.717, 1.165) is 42.6 Å². The molecule has 16 heavy (non-hydrogen) atoms. The number of nitrogens with zero attached hydrogens (tertiary/aromatic N) is 4. The van der Waals surface area contributed by atoms with Crippen LogP contribution >= 0.6 is 0 Å². The molecule has 1 aliphatic carbocycles. The van der Waals surface area contributed by atoms with Crippen LogP contribution in [-0.2, 0) is 4.79 Å². The molecular formula is C9H12N4O3. The molecule has 0 aliphatic heterocycles. The van der Waals surface area contributed by atoms with Crippen LogP contribution in [0.25, 0.3) is 6.20 Å². The van der Waals surface area contributed by atoms with Crippen LogP contribution in [0.1, 0.15) is 31.7 Å². The van der Waals surface area contributed by atoms with Crippen LogP contribution in [0.15, 0.2) is 10.9 Å². The zero-order valence-corrected chi connectivity index (χ0v) is 8.61. The van der Waals surface area contributed by atoms with Gasteiger partial charge in [0.05, 0.1) is 6.04 Å². The zero-order valence-electron chi connectivity index (χ0n) is 8.61. The first-order valence-corrected chi connectivity index (χ1v) is 5.13. The van der Waals surface area contributed by atoms with E-state index >= 15 is 0 Å². The normalized spacial score (nSPS) is 17.2. The van der Waals surface area contributed by atoms with Gasteiger partial charge in [-0.2, -0.15) is 9.36 Å². The van der Waals surface area contributed by atoms with Gasteiger partial charge in [-0.25, -0.2) is 9.59 Å². The van der Waals surface area contributed by atoms with Crippen molar-refractivity contribution in [1.82, 2.24) is 19.8 Å². The molecule has 1 aliphatic rings. The molecule has 0 radical (unpaired) electrons. The van der Waals surface area contributed by atoms with E-state index in [1.807, 2.05) is 0 Å². The summed E-state index contributed by atoms with van der Waals surface area (Å²) < 4.78 is 2.27. The number of aromatic nitrogens is 4. The van der Waals surface area contributed by atoms with Crippen LogP contribution < -0.4 is 5.69 Å². The Morgan fingerprint density at radius 3 is 2.69 bits per heavy atom. The molecule has 1 aromatic rings.